The molecule has 162 valence electrons. The van der Waals surface area contributed by atoms with Gasteiger partial charge in [-0.2, -0.15) is 0 Å². The molecule has 0 spiro atoms. The monoisotopic (exact) mass is 419 g/mol. The first-order chi connectivity index (χ1) is 14.7. The molecule has 2 unspecified atom stereocenters. The van der Waals surface area contributed by atoms with E-state index in [0.29, 0.717) is 13.1 Å². The van der Waals surface area contributed by atoms with E-state index in [2.05, 4.69) is 31.8 Å². The van der Waals surface area contributed by atoms with E-state index in [0.717, 1.165) is 41.8 Å². The predicted molar refractivity (Wildman–Crippen MR) is 122 cm³/mol. The third kappa shape index (κ3) is 3.36. The zero-order valence-electron chi connectivity index (χ0n) is 18.6. The number of carbonyl (C=O) groups is 1. The van der Waals surface area contributed by atoms with Gasteiger partial charge in [0.2, 0.25) is 0 Å². The fourth-order valence-corrected chi connectivity index (χ4v) is 5.02. The Morgan fingerprint density at radius 3 is 2.68 bits per heavy atom. The van der Waals surface area contributed by atoms with Gasteiger partial charge in [0, 0.05) is 37.8 Å². The van der Waals surface area contributed by atoms with Crippen LogP contribution in [-0.4, -0.2) is 50.3 Å². The number of aliphatic imine (C=N–C) groups is 1. The van der Waals surface area contributed by atoms with E-state index in [1.807, 2.05) is 27.7 Å². The molecule has 1 amide bonds. The number of amides is 1. The number of allylic oxidation sites excluding steroid dienone is 1. The number of carbonyl (C=O) groups excluding carboxylic acids is 1. The lowest BCUT2D eigenvalue weighted by molar-refractivity contribution is -0.130. The molecule has 2 aromatic heterocycles. The van der Waals surface area contributed by atoms with Crippen molar-refractivity contribution in [1.29, 1.82) is 0 Å². The molecule has 0 N–H and O–H groups in total. The molecule has 2 atom stereocenters. The molecule has 7 heteroatoms. The number of imidazole rings is 1. The largest absolute Gasteiger partial charge is 0.332 e. The lowest BCUT2D eigenvalue weighted by Crippen LogP contribution is -2.50. The van der Waals surface area contributed by atoms with Gasteiger partial charge in [-0.25, -0.2) is 9.78 Å². The van der Waals surface area contributed by atoms with Crippen LogP contribution < -0.4 is 5.69 Å². The van der Waals surface area contributed by atoms with Crippen LogP contribution in [0.15, 0.2) is 39.6 Å². The van der Waals surface area contributed by atoms with Gasteiger partial charge >= 0.3 is 5.69 Å². The summed E-state index contributed by atoms with van der Waals surface area (Å²) in [6.07, 6.45) is 7.79. The molecule has 7 nitrogen and oxygen atoms in total. The highest BCUT2D eigenvalue weighted by Gasteiger charge is 2.39. The van der Waals surface area contributed by atoms with Crippen LogP contribution in [0.2, 0.25) is 0 Å². The molecule has 4 aliphatic rings. The van der Waals surface area contributed by atoms with Crippen molar-refractivity contribution in [3.05, 3.63) is 46.0 Å². The third-order valence-electron chi connectivity index (χ3n) is 6.53. The number of aryl methyl sites for hydroxylation is 1. The maximum atomic E-state index is 12.9. The first kappa shape index (κ1) is 20.0. The molecule has 0 saturated carbocycles. The molecule has 1 aliphatic carbocycles. The van der Waals surface area contributed by atoms with Gasteiger partial charge in [-0.1, -0.05) is 26.8 Å². The van der Waals surface area contributed by atoms with Gasteiger partial charge in [0.05, 0.1) is 23.8 Å². The summed E-state index contributed by atoms with van der Waals surface area (Å²) in [5.74, 6) is 0.378. The van der Waals surface area contributed by atoms with E-state index >= 15 is 0 Å². The zero-order chi connectivity index (χ0) is 21.9. The van der Waals surface area contributed by atoms with Gasteiger partial charge in [-0.15, -0.1) is 0 Å². The smallest absolute Gasteiger partial charge is 0.330 e. The lowest BCUT2D eigenvalue weighted by atomic mass is 9.78. The predicted octanol–water partition coefficient (Wildman–Crippen LogP) is 2.80. The normalized spacial score (nSPS) is 22.9. The standard InChI is InChI=1S/C24H29N5O2/c1-24(2,3)14-29-20-8-7-19(26-21(20)27(4)23(29)31)18-11-17-6-5-16(18)13-28(17)22(30)15-9-10-25-12-15/h7-11,16-17H,5-6,12-14H2,1-4H3. The summed E-state index contributed by atoms with van der Waals surface area (Å²) >= 11 is 0. The van der Waals surface area contributed by atoms with E-state index in [-0.39, 0.29) is 29.0 Å². The molecule has 2 bridgehead atoms. The molecule has 5 heterocycles. The molecule has 1 fully saturated rings. The van der Waals surface area contributed by atoms with Crippen molar-refractivity contribution in [3.63, 3.8) is 0 Å². The van der Waals surface area contributed by atoms with E-state index in [1.165, 1.54) is 5.57 Å². The number of rotatable bonds is 3. The number of piperidine rings is 1. The van der Waals surface area contributed by atoms with Crippen LogP contribution in [0, 0.1) is 11.3 Å². The van der Waals surface area contributed by atoms with Gasteiger partial charge in [-0.3, -0.25) is 18.9 Å². The Morgan fingerprint density at radius 2 is 2.03 bits per heavy atom. The Kier molecular flexibility index (Phi) is 4.53. The van der Waals surface area contributed by atoms with Crippen LogP contribution >= 0.6 is 0 Å². The summed E-state index contributed by atoms with van der Waals surface area (Å²) < 4.78 is 3.47. The highest BCUT2D eigenvalue weighted by Crippen LogP contribution is 2.40. The van der Waals surface area contributed by atoms with Gasteiger partial charge in [0.25, 0.3) is 5.91 Å². The first-order valence-corrected chi connectivity index (χ1v) is 11.0. The Labute approximate surface area is 181 Å². The van der Waals surface area contributed by atoms with Crippen molar-refractivity contribution in [2.75, 3.05) is 13.1 Å². The number of aromatic nitrogens is 3. The van der Waals surface area contributed by atoms with E-state index in [9.17, 15) is 9.59 Å². The van der Waals surface area contributed by atoms with Crippen LogP contribution in [0.25, 0.3) is 16.7 Å². The zero-order valence-corrected chi connectivity index (χ0v) is 18.6. The Balaban J connectivity index is 1.49. The summed E-state index contributed by atoms with van der Waals surface area (Å²) in [4.78, 5) is 36.8. The molecule has 2 aromatic rings. The number of nitrogens with zero attached hydrogens (tertiary/aromatic N) is 5. The maximum absolute atomic E-state index is 12.9. The molecule has 0 radical (unpaired) electrons. The molecule has 1 saturated heterocycles. The van der Waals surface area contributed by atoms with Crippen LogP contribution in [0.4, 0.5) is 0 Å². The third-order valence-corrected chi connectivity index (χ3v) is 6.53. The summed E-state index contributed by atoms with van der Waals surface area (Å²) in [6.45, 7) is 8.24. The van der Waals surface area contributed by atoms with Crippen LogP contribution in [0.5, 0.6) is 0 Å². The average molecular weight is 420 g/mol. The van der Waals surface area contributed by atoms with Gasteiger partial charge in [0.15, 0.2) is 5.65 Å². The second-order valence-corrected chi connectivity index (χ2v) is 10.1. The molecule has 31 heavy (non-hydrogen) atoms. The highest BCUT2D eigenvalue weighted by molar-refractivity contribution is 6.00. The highest BCUT2D eigenvalue weighted by atomic mass is 16.2. The Morgan fingerprint density at radius 1 is 1.23 bits per heavy atom. The number of hydrogen-bond donors (Lipinski definition) is 0. The SMILES string of the molecule is Cn1c(=O)n(CC(C)(C)C)c2ccc(C3=CC4CCC3CN4C(=O)C3=CC=NC3)nc21. The van der Waals surface area contributed by atoms with Gasteiger partial charge in [-0.05, 0) is 42.0 Å². The minimum absolute atomic E-state index is 0.00236. The molecule has 3 aliphatic heterocycles. The van der Waals surface area contributed by atoms with E-state index in [4.69, 9.17) is 4.98 Å². The van der Waals surface area contributed by atoms with Gasteiger partial charge in [0.1, 0.15) is 0 Å². The van der Waals surface area contributed by atoms with E-state index < -0.39 is 0 Å². The second-order valence-electron chi connectivity index (χ2n) is 10.1. The summed E-state index contributed by atoms with van der Waals surface area (Å²) in [6, 6.07) is 4.16. The van der Waals surface area contributed by atoms with Crippen molar-refractivity contribution in [1.82, 2.24) is 19.0 Å². The van der Waals surface area contributed by atoms with Crippen LogP contribution in [-0.2, 0) is 18.4 Å². The van der Waals surface area contributed by atoms with Crippen molar-refractivity contribution in [2.24, 2.45) is 23.4 Å². The number of fused-ring (bicyclic) bond motifs is 3. The van der Waals surface area contributed by atoms with E-state index in [1.54, 1.807) is 17.8 Å². The summed E-state index contributed by atoms with van der Waals surface area (Å²) in [5, 5.41) is 0. The lowest BCUT2D eigenvalue weighted by Gasteiger charge is -2.44. The van der Waals surface area contributed by atoms with Crippen LogP contribution in [0.3, 0.4) is 0 Å². The molecule has 0 aromatic carbocycles. The quantitative estimate of drug-likeness (QED) is 0.768. The Hall–Kier alpha value is -2.96. The molecular formula is C24H29N5O2. The fourth-order valence-electron chi connectivity index (χ4n) is 5.02. The van der Waals surface area contributed by atoms with Crippen molar-refractivity contribution in [3.8, 4) is 0 Å². The van der Waals surface area contributed by atoms with Crippen LogP contribution in [0.1, 0.15) is 39.3 Å². The van der Waals surface area contributed by atoms with Crippen molar-refractivity contribution in [2.45, 2.75) is 46.2 Å². The Bertz CT molecular complexity index is 1220. The summed E-state index contributed by atoms with van der Waals surface area (Å²) in [5.41, 5.74) is 4.45. The molecular weight excluding hydrogens is 390 g/mol. The first-order valence-electron chi connectivity index (χ1n) is 11.0. The minimum atomic E-state index is -0.0300. The van der Waals surface area contributed by atoms with Crippen molar-refractivity contribution < 1.29 is 4.79 Å². The number of pyridine rings is 1. The van der Waals surface area contributed by atoms with Gasteiger partial charge < -0.3 is 4.90 Å². The fraction of sp³-hybridized carbons (Fsp3) is 0.500. The number of hydrogen-bond acceptors (Lipinski definition) is 4. The maximum Gasteiger partial charge on any atom is 0.330 e. The minimum Gasteiger partial charge on any atom is -0.332 e. The molecule has 6 rings (SSSR count). The van der Waals surface area contributed by atoms with Crippen molar-refractivity contribution >= 4 is 28.9 Å². The average Bonchev–Trinajstić information content (AvgIpc) is 3.36. The summed E-state index contributed by atoms with van der Waals surface area (Å²) in [7, 11) is 1.79. The topological polar surface area (TPSA) is 72.5 Å². The second kappa shape index (κ2) is 7.04.